The maximum absolute atomic E-state index is 12.9. The number of ether oxygens (including phenoxy) is 1. The SMILES string of the molecule is COC(=O)Nc1ccc(CNc2ccc3nnc(C(F)(F)F)n3n2)cc1. The molecule has 3 rings (SSSR count). The molecule has 0 aliphatic heterocycles. The summed E-state index contributed by atoms with van der Waals surface area (Å²) in [6, 6.07) is 9.74. The molecule has 2 N–H and O–H groups in total. The Balaban J connectivity index is 1.70. The predicted octanol–water partition coefficient (Wildman–Crippen LogP) is 2.93. The first-order valence-electron chi connectivity index (χ1n) is 7.34. The number of aromatic nitrogens is 4. The Morgan fingerprint density at radius 1 is 1.15 bits per heavy atom. The number of alkyl halides is 3. The number of anilines is 2. The fourth-order valence-corrected chi connectivity index (χ4v) is 2.13. The average Bonchev–Trinajstić information content (AvgIpc) is 3.04. The summed E-state index contributed by atoms with van der Waals surface area (Å²) in [5.74, 6) is -0.950. The second-order valence-corrected chi connectivity index (χ2v) is 5.18. The molecule has 0 saturated carbocycles. The van der Waals surface area contributed by atoms with Crippen LogP contribution in [0.4, 0.5) is 29.5 Å². The maximum atomic E-state index is 12.9. The molecule has 2 heterocycles. The molecule has 136 valence electrons. The Hall–Kier alpha value is -3.37. The molecule has 1 amide bonds. The Bertz CT molecular complexity index is 923. The zero-order valence-corrected chi connectivity index (χ0v) is 13.4. The number of carbonyl (C=O) groups is 1. The number of halogens is 3. The van der Waals surface area contributed by atoms with E-state index in [2.05, 4.69) is 30.7 Å². The number of nitrogens with zero attached hydrogens (tertiary/aromatic N) is 4. The van der Waals surface area contributed by atoms with Crippen LogP contribution in [0.25, 0.3) is 5.65 Å². The molecule has 0 unspecified atom stereocenters. The van der Waals surface area contributed by atoms with E-state index in [-0.39, 0.29) is 11.5 Å². The van der Waals surface area contributed by atoms with Crippen molar-refractivity contribution in [3.63, 3.8) is 0 Å². The van der Waals surface area contributed by atoms with E-state index in [4.69, 9.17) is 0 Å². The minimum absolute atomic E-state index is 0.00103. The summed E-state index contributed by atoms with van der Waals surface area (Å²) < 4.78 is 43.7. The topological polar surface area (TPSA) is 93.4 Å². The number of rotatable bonds is 4. The molecule has 0 bridgehead atoms. The summed E-state index contributed by atoms with van der Waals surface area (Å²) in [4.78, 5) is 11.1. The molecule has 2 aromatic heterocycles. The van der Waals surface area contributed by atoms with Gasteiger partial charge in [-0.25, -0.2) is 4.79 Å². The monoisotopic (exact) mass is 366 g/mol. The number of fused-ring (bicyclic) bond motifs is 1. The summed E-state index contributed by atoms with van der Waals surface area (Å²) in [5.41, 5.74) is 1.39. The normalized spacial score (nSPS) is 11.4. The molecule has 8 nitrogen and oxygen atoms in total. The highest BCUT2D eigenvalue weighted by Crippen LogP contribution is 2.27. The van der Waals surface area contributed by atoms with Crippen LogP contribution in [0.2, 0.25) is 0 Å². The van der Waals surface area contributed by atoms with Crippen molar-refractivity contribution < 1.29 is 22.7 Å². The van der Waals surface area contributed by atoms with Gasteiger partial charge in [0.2, 0.25) is 0 Å². The molecule has 1 aromatic carbocycles. The van der Waals surface area contributed by atoms with Gasteiger partial charge < -0.3 is 10.1 Å². The lowest BCUT2D eigenvalue weighted by molar-refractivity contribution is -0.146. The Morgan fingerprint density at radius 2 is 1.88 bits per heavy atom. The zero-order valence-electron chi connectivity index (χ0n) is 13.4. The molecule has 0 atom stereocenters. The second-order valence-electron chi connectivity index (χ2n) is 5.18. The van der Waals surface area contributed by atoms with E-state index in [1.165, 1.54) is 19.2 Å². The number of methoxy groups -OCH3 is 1. The third kappa shape index (κ3) is 3.82. The fraction of sp³-hybridized carbons (Fsp3) is 0.200. The summed E-state index contributed by atoms with van der Waals surface area (Å²) in [6.45, 7) is 0.320. The lowest BCUT2D eigenvalue weighted by Crippen LogP contribution is -2.13. The van der Waals surface area contributed by atoms with Gasteiger partial charge in [-0.3, -0.25) is 5.32 Å². The Kier molecular flexibility index (Phi) is 4.61. The van der Waals surface area contributed by atoms with Gasteiger partial charge in [0.25, 0.3) is 5.82 Å². The van der Waals surface area contributed by atoms with E-state index in [0.29, 0.717) is 16.7 Å². The lowest BCUT2D eigenvalue weighted by atomic mass is 10.2. The zero-order chi connectivity index (χ0) is 18.7. The van der Waals surface area contributed by atoms with Gasteiger partial charge in [0, 0.05) is 12.2 Å². The third-order valence-corrected chi connectivity index (χ3v) is 3.38. The van der Waals surface area contributed by atoms with Gasteiger partial charge in [-0.15, -0.1) is 15.3 Å². The van der Waals surface area contributed by atoms with Gasteiger partial charge in [-0.1, -0.05) is 12.1 Å². The fourth-order valence-electron chi connectivity index (χ4n) is 2.13. The summed E-state index contributed by atoms with van der Waals surface area (Å²) in [7, 11) is 1.26. The molecule has 0 aliphatic carbocycles. The number of amides is 1. The van der Waals surface area contributed by atoms with Crippen LogP contribution in [0.5, 0.6) is 0 Å². The second kappa shape index (κ2) is 6.86. The van der Waals surface area contributed by atoms with Gasteiger partial charge >= 0.3 is 12.3 Å². The van der Waals surface area contributed by atoms with Crippen molar-refractivity contribution in [2.45, 2.75) is 12.7 Å². The van der Waals surface area contributed by atoms with Crippen LogP contribution in [0.3, 0.4) is 0 Å². The van der Waals surface area contributed by atoms with Gasteiger partial charge in [0.15, 0.2) is 5.65 Å². The van der Waals surface area contributed by atoms with Crippen LogP contribution in [0, 0.1) is 0 Å². The standard InChI is InChI=1S/C15H13F3N6O2/c1-26-14(25)20-10-4-2-9(3-5-10)8-19-11-6-7-12-21-22-13(15(16,17)18)24(12)23-11/h2-7H,8H2,1H3,(H,19,23)(H,20,25). The summed E-state index contributed by atoms with van der Waals surface area (Å²) in [5, 5.41) is 15.9. The smallest absolute Gasteiger partial charge is 0.453 e. The van der Waals surface area contributed by atoms with Crippen molar-refractivity contribution in [2.75, 3.05) is 17.7 Å². The van der Waals surface area contributed by atoms with Crippen LogP contribution in [-0.2, 0) is 17.5 Å². The van der Waals surface area contributed by atoms with Gasteiger partial charge in [0.1, 0.15) is 5.82 Å². The van der Waals surface area contributed by atoms with Crippen LogP contribution in [-0.4, -0.2) is 33.0 Å². The number of hydrogen-bond donors (Lipinski definition) is 2. The minimum Gasteiger partial charge on any atom is -0.453 e. The molecular formula is C15H13F3N6O2. The summed E-state index contributed by atoms with van der Waals surface area (Å²) >= 11 is 0. The highest BCUT2D eigenvalue weighted by molar-refractivity contribution is 5.84. The number of carbonyl (C=O) groups excluding carboxylic acids is 1. The van der Waals surface area contributed by atoms with Gasteiger partial charge in [-0.05, 0) is 29.8 Å². The van der Waals surface area contributed by atoms with Crippen molar-refractivity contribution in [1.29, 1.82) is 0 Å². The van der Waals surface area contributed by atoms with Crippen LogP contribution in [0.15, 0.2) is 36.4 Å². The molecule has 0 saturated heterocycles. The number of hydrogen-bond acceptors (Lipinski definition) is 6. The highest BCUT2D eigenvalue weighted by atomic mass is 19.4. The first kappa shape index (κ1) is 17.5. The quantitative estimate of drug-likeness (QED) is 0.737. The molecule has 0 spiro atoms. The summed E-state index contributed by atoms with van der Waals surface area (Å²) in [6.07, 6.45) is -5.23. The van der Waals surface area contributed by atoms with Gasteiger partial charge in [0.05, 0.1) is 7.11 Å². The van der Waals surface area contributed by atoms with E-state index in [0.717, 1.165) is 5.56 Å². The van der Waals surface area contributed by atoms with Crippen LogP contribution in [0.1, 0.15) is 11.4 Å². The van der Waals surface area contributed by atoms with E-state index in [9.17, 15) is 18.0 Å². The van der Waals surface area contributed by atoms with Crippen molar-refractivity contribution in [3.8, 4) is 0 Å². The first-order chi connectivity index (χ1) is 12.4. The Morgan fingerprint density at radius 3 is 2.54 bits per heavy atom. The number of benzene rings is 1. The van der Waals surface area contributed by atoms with E-state index < -0.39 is 18.1 Å². The lowest BCUT2D eigenvalue weighted by Gasteiger charge is -2.08. The largest absolute Gasteiger partial charge is 0.453 e. The molecular weight excluding hydrogens is 353 g/mol. The van der Waals surface area contributed by atoms with E-state index >= 15 is 0 Å². The van der Waals surface area contributed by atoms with Gasteiger partial charge in [-0.2, -0.15) is 17.7 Å². The molecule has 3 aromatic rings. The molecule has 0 fully saturated rings. The van der Waals surface area contributed by atoms with Crippen LogP contribution < -0.4 is 10.6 Å². The highest BCUT2D eigenvalue weighted by Gasteiger charge is 2.37. The molecule has 0 radical (unpaired) electrons. The number of nitrogens with one attached hydrogen (secondary N) is 2. The maximum Gasteiger partial charge on any atom is 0.453 e. The average molecular weight is 366 g/mol. The van der Waals surface area contributed by atoms with E-state index in [1.54, 1.807) is 24.3 Å². The third-order valence-electron chi connectivity index (χ3n) is 3.38. The Labute approximate surface area is 145 Å². The molecule has 0 aliphatic rings. The molecule has 26 heavy (non-hydrogen) atoms. The van der Waals surface area contributed by atoms with Crippen molar-refractivity contribution in [3.05, 3.63) is 47.8 Å². The first-order valence-corrected chi connectivity index (χ1v) is 7.34. The van der Waals surface area contributed by atoms with Crippen molar-refractivity contribution in [1.82, 2.24) is 19.8 Å². The minimum atomic E-state index is -4.65. The molecule has 11 heteroatoms. The van der Waals surface area contributed by atoms with Crippen LogP contribution >= 0.6 is 0 Å². The van der Waals surface area contributed by atoms with Crippen molar-refractivity contribution in [2.24, 2.45) is 0 Å². The predicted molar refractivity (Wildman–Crippen MR) is 85.6 cm³/mol. The van der Waals surface area contributed by atoms with Crippen molar-refractivity contribution >= 4 is 23.2 Å². The van der Waals surface area contributed by atoms with E-state index in [1.807, 2.05) is 0 Å².